The molecule has 2 aromatic rings. The number of anilines is 2. The van der Waals surface area contributed by atoms with Crippen molar-refractivity contribution in [2.75, 3.05) is 24.3 Å². The third-order valence-corrected chi connectivity index (χ3v) is 3.21. The number of nitrogens with one attached hydrogen (secondary N) is 2. The molecule has 0 fully saturated rings. The fraction of sp³-hybridized carbons (Fsp3) is 0.235. The van der Waals surface area contributed by atoms with Gasteiger partial charge in [0, 0.05) is 11.4 Å². The molecule has 1 amide bonds. The van der Waals surface area contributed by atoms with E-state index in [-0.39, 0.29) is 12.5 Å². The van der Waals surface area contributed by atoms with E-state index in [1.54, 1.807) is 7.11 Å². The number of hydrogen-bond donors (Lipinski definition) is 2. The Labute approximate surface area is 125 Å². The van der Waals surface area contributed by atoms with E-state index in [0.29, 0.717) is 0 Å². The average Bonchev–Trinajstić information content (AvgIpc) is 2.48. The second kappa shape index (κ2) is 6.79. The zero-order valence-corrected chi connectivity index (χ0v) is 12.6. The van der Waals surface area contributed by atoms with Gasteiger partial charge in [0.25, 0.3) is 0 Å². The van der Waals surface area contributed by atoms with Gasteiger partial charge >= 0.3 is 0 Å². The lowest BCUT2D eigenvalue weighted by Crippen LogP contribution is -2.22. The van der Waals surface area contributed by atoms with Gasteiger partial charge < -0.3 is 15.4 Å². The highest BCUT2D eigenvalue weighted by Gasteiger charge is 2.04. The van der Waals surface area contributed by atoms with Crippen molar-refractivity contribution in [3.63, 3.8) is 0 Å². The molecular formula is C17H20N2O2. The minimum atomic E-state index is -0.0749. The van der Waals surface area contributed by atoms with E-state index < -0.39 is 0 Å². The molecule has 2 aromatic carbocycles. The van der Waals surface area contributed by atoms with Gasteiger partial charge in [-0.3, -0.25) is 4.79 Å². The molecule has 0 unspecified atom stereocenters. The zero-order chi connectivity index (χ0) is 15.2. The summed E-state index contributed by atoms with van der Waals surface area (Å²) < 4.78 is 5.16. The van der Waals surface area contributed by atoms with Crippen LogP contribution >= 0.6 is 0 Å². The van der Waals surface area contributed by atoms with Crippen molar-refractivity contribution >= 4 is 17.3 Å². The summed E-state index contributed by atoms with van der Waals surface area (Å²) >= 11 is 0. The fourth-order valence-corrected chi connectivity index (χ4v) is 1.98. The highest BCUT2D eigenvalue weighted by Crippen LogP contribution is 2.20. The van der Waals surface area contributed by atoms with Crippen LogP contribution in [0.1, 0.15) is 11.1 Å². The molecule has 0 aliphatic carbocycles. The van der Waals surface area contributed by atoms with Gasteiger partial charge in [0.1, 0.15) is 5.75 Å². The Morgan fingerprint density at radius 2 is 1.81 bits per heavy atom. The Morgan fingerprint density at radius 1 is 1.10 bits per heavy atom. The van der Waals surface area contributed by atoms with Gasteiger partial charge in [0.2, 0.25) is 5.91 Å². The van der Waals surface area contributed by atoms with E-state index in [1.807, 2.05) is 56.3 Å². The van der Waals surface area contributed by atoms with Crippen LogP contribution in [0.4, 0.5) is 11.4 Å². The molecule has 0 aliphatic heterocycles. The lowest BCUT2D eigenvalue weighted by Gasteiger charge is -2.11. The number of aryl methyl sites for hydroxylation is 2. The molecule has 0 aliphatic rings. The van der Waals surface area contributed by atoms with Gasteiger partial charge in [-0.05, 0) is 49.7 Å². The number of amides is 1. The van der Waals surface area contributed by atoms with Crippen molar-refractivity contribution in [1.29, 1.82) is 0 Å². The molecule has 0 atom stereocenters. The van der Waals surface area contributed by atoms with E-state index in [2.05, 4.69) is 10.6 Å². The normalized spacial score (nSPS) is 10.0. The largest absolute Gasteiger partial charge is 0.497 e. The summed E-state index contributed by atoms with van der Waals surface area (Å²) in [6, 6.07) is 13.4. The van der Waals surface area contributed by atoms with Crippen LogP contribution in [0.5, 0.6) is 5.75 Å². The number of ether oxygens (including phenoxy) is 1. The maximum Gasteiger partial charge on any atom is 0.243 e. The van der Waals surface area contributed by atoms with Crippen molar-refractivity contribution in [1.82, 2.24) is 0 Å². The van der Waals surface area contributed by atoms with Crippen LogP contribution in [0.3, 0.4) is 0 Å². The Kier molecular flexibility index (Phi) is 4.82. The van der Waals surface area contributed by atoms with Gasteiger partial charge in [-0.15, -0.1) is 0 Å². The predicted molar refractivity (Wildman–Crippen MR) is 86.0 cm³/mol. The van der Waals surface area contributed by atoms with Crippen molar-refractivity contribution in [2.45, 2.75) is 13.8 Å². The monoisotopic (exact) mass is 284 g/mol. The molecular weight excluding hydrogens is 264 g/mol. The van der Waals surface area contributed by atoms with E-state index in [4.69, 9.17) is 4.74 Å². The summed E-state index contributed by atoms with van der Waals surface area (Å²) in [6.45, 7) is 4.21. The molecule has 0 aromatic heterocycles. The molecule has 0 spiro atoms. The minimum Gasteiger partial charge on any atom is -0.497 e. The Hall–Kier alpha value is -2.49. The van der Waals surface area contributed by atoms with Gasteiger partial charge in [0.15, 0.2) is 0 Å². The van der Waals surface area contributed by atoms with Crippen LogP contribution in [0.2, 0.25) is 0 Å². The predicted octanol–water partition coefficient (Wildman–Crippen LogP) is 3.36. The SMILES string of the molecule is COc1ccc(NCC(=O)Nc2ccc(C)cc2)c(C)c1. The topological polar surface area (TPSA) is 50.4 Å². The van der Waals surface area contributed by atoms with Gasteiger partial charge in [-0.1, -0.05) is 17.7 Å². The van der Waals surface area contributed by atoms with Crippen LogP contribution in [0.15, 0.2) is 42.5 Å². The van der Waals surface area contributed by atoms with Crippen molar-refractivity contribution in [3.8, 4) is 5.75 Å². The van der Waals surface area contributed by atoms with E-state index in [1.165, 1.54) is 5.56 Å². The molecule has 0 saturated heterocycles. The second-order valence-corrected chi connectivity index (χ2v) is 4.95. The molecule has 0 radical (unpaired) electrons. The average molecular weight is 284 g/mol. The molecule has 0 heterocycles. The third-order valence-electron chi connectivity index (χ3n) is 3.21. The number of methoxy groups -OCH3 is 1. The third kappa shape index (κ3) is 4.24. The van der Waals surface area contributed by atoms with Crippen LogP contribution in [0.25, 0.3) is 0 Å². The zero-order valence-electron chi connectivity index (χ0n) is 12.6. The first-order chi connectivity index (χ1) is 10.1. The molecule has 4 heteroatoms. The Morgan fingerprint density at radius 3 is 2.43 bits per heavy atom. The summed E-state index contributed by atoms with van der Waals surface area (Å²) in [5.74, 6) is 0.733. The van der Waals surface area contributed by atoms with Gasteiger partial charge in [0.05, 0.1) is 13.7 Å². The highest BCUT2D eigenvalue weighted by atomic mass is 16.5. The van der Waals surface area contributed by atoms with Crippen molar-refractivity contribution in [2.24, 2.45) is 0 Å². The summed E-state index contributed by atoms with van der Waals surface area (Å²) in [6.07, 6.45) is 0. The van der Waals surface area contributed by atoms with E-state index in [0.717, 1.165) is 22.7 Å². The van der Waals surface area contributed by atoms with Gasteiger partial charge in [-0.25, -0.2) is 0 Å². The first-order valence-corrected chi connectivity index (χ1v) is 6.83. The number of carbonyl (C=O) groups is 1. The summed E-state index contributed by atoms with van der Waals surface area (Å²) in [5.41, 5.74) is 3.94. The van der Waals surface area contributed by atoms with Crippen molar-refractivity contribution < 1.29 is 9.53 Å². The quantitative estimate of drug-likeness (QED) is 0.885. The Balaban J connectivity index is 1.90. The van der Waals surface area contributed by atoms with Crippen LogP contribution < -0.4 is 15.4 Å². The van der Waals surface area contributed by atoms with E-state index >= 15 is 0 Å². The van der Waals surface area contributed by atoms with E-state index in [9.17, 15) is 4.79 Å². The van der Waals surface area contributed by atoms with Crippen LogP contribution in [-0.4, -0.2) is 19.6 Å². The molecule has 21 heavy (non-hydrogen) atoms. The Bertz CT molecular complexity index is 621. The highest BCUT2D eigenvalue weighted by molar-refractivity contribution is 5.93. The summed E-state index contributed by atoms with van der Waals surface area (Å²) in [7, 11) is 1.64. The van der Waals surface area contributed by atoms with Gasteiger partial charge in [-0.2, -0.15) is 0 Å². The smallest absolute Gasteiger partial charge is 0.243 e. The molecule has 110 valence electrons. The summed E-state index contributed by atoms with van der Waals surface area (Å²) in [5, 5.41) is 5.98. The van der Waals surface area contributed by atoms with Crippen LogP contribution in [0, 0.1) is 13.8 Å². The molecule has 4 nitrogen and oxygen atoms in total. The van der Waals surface area contributed by atoms with Crippen LogP contribution in [-0.2, 0) is 4.79 Å². The maximum atomic E-state index is 11.9. The fourth-order valence-electron chi connectivity index (χ4n) is 1.98. The number of carbonyl (C=O) groups excluding carboxylic acids is 1. The summed E-state index contributed by atoms with van der Waals surface area (Å²) in [4.78, 5) is 11.9. The minimum absolute atomic E-state index is 0.0749. The standard InChI is InChI=1S/C17H20N2O2/c1-12-4-6-14(7-5-12)19-17(20)11-18-16-9-8-15(21-3)10-13(16)2/h4-10,18H,11H2,1-3H3,(H,19,20). The number of benzene rings is 2. The lowest BCUT2D eigenvalue weighted by molar-refractivity contribution is -0.114. The first-order valence-electron chi connectivity index (χ1n) is 6.83. The number of hydrogen-bond acceptors (Lipinski definition) is 3. The molecule has 2 rings (SSSR count). The molecule has 0 saturated carbocycles. The maximum absolute atomic E-state index is 11.9. The lowest BCUT2D eigenvalue weighted by atomic mass is 10.2. The molecule has 0 bridgehead atoms. The second-order valence-electron chi connectivity index (χ2n) is 4.95. The number of rotatable bonds is 5. The molecule has 2 N–H and O–H groups in total. The first kappa shape index (κ1) is 14.9. The van der Waals surface area contributed by atoms with Crippen molar-refractivity contribution in [3.05, 3.63) is 53.6 Å².